The van der Waals surface area contributed by atoms with E-state index in [1.807, 2.05) is 62.5 Å². The Kier molecular flexibility index (Phi) is 6.82. The molecule has 0 saturated carbocycles. The molecule has 0 saturated heterocycles. The lowest BCUT2D eigenvalue weighted by Gasteiger charge is -2.07. The summed E-state index contributed by atoms with van der Waals surface area (Å²) in [6, 6.07) is 16.8. The van der Waals surface area contributed by atoms with E-state index < -0.39 is 0 Å². The zero-order valence-electron chi connectivity index (χ0n) is 19.5. The van der Waals surface area contributed by atoms with Crippen molar-refractivity contribution in [1.82, 2.24) is 20.1 Å². The highest BCUT2D eigenvalue weighted by atomic mass is 16.2. The molecule has 34 heavy (non-hydrogen) atoms. The second-order valence-electron chi connectivity index (χ2n) is 8.19. The topological polar surface area (TPSA) is 88.9 Å². The average molecular weight is 454 g/mol. The number of aromatic nitrogens is 3. The molecule has 4 aromatic rings. The van der Waals surface area contributed by atoms with E-state index in [1.165, 1.54) is 0 Å². The van der Waals surface area contributed by atoms with Crippen LogP contribution in [0.1, 0.15) is 50.0 Å². The van der Waals surface area contributed by atoms with Gasteiger partial charge in [0.1, 0.15) is 0 Å². The lowest BCUT2D eigenvalue weighted by molar-refractivity contribution is 0.0949. The van der Waals surface area contributed by atoms with Gasteiger partial charge < -0.3 is 10.6 Å². The molecule has 0 aliphatic heterocycles. The molecular formula is C27H27N5O2. The highest BCUT2D eigenvalue weighted by Crippen LogP contribution is 2.16. The number of carbonyl (C=O) groups is 2. The van der Waals surface area contributed by atoms with E-state index in [0.717, 1.165) is 34.5 Å². The van der Waals surface area contributed by atoms with E-state index in [-0.39, 0.29) is 11.8 Å². The van der Waals surface area contributed by atoms with E-state index in [9.17, 15) is 9.59 Å². The molecule has 0 radical (unpaired) electrons. The molecule has 7 nitrogen and oxygen atoms in total. The summed E-state index contributed by atoms with van der Waals surface area (Å²) < 4.78 is 1.65. The summed E-state index contributed by atoms with van der Waals surface area (Å²) in [4.78, 5) is 29.5. The van der Waals surface area contributed by atoms with Crippen molar-refractivity contribution in [3.8, 4) is 5.69 Å². The van der Waals surface area contributed by atoms with Gasteiger partial charge in [-0.3, -0.25) is 14.6 Å². The van der Waals surface area contributed by atoms with Crippen LogP contribution in [0.25, 0.3) is 5.69 Å². The predicted molar refractivity (Wildman–Crippen MR) is 132 cm³/mol. The third-order valence-electron chi connectivity index (χ3n) is 5.59. The molecule has 2 aromatic carbocycles. The Morgan fingerprint density at radius 3 is 2.41 bits per heavy atom. The Balaban J connectivity index is 1.37. The monoisotopic (exact) mass is 453 g/mol. The van der Waals surface area contributed by atoms with Gasteiger partial charge in [-0.15, -0.1) is 0 Å². The fourth-order valence-corrected chi connectivity index (χ4v) is 3.60. The van der Waals surface area contributed by atoms with Crippen LogP contribution < -0.4 is 10.6 Å². The molecule has 172 valence electrons. The second-order valence-corrected chi connectivity index (χ2v) is 8.19. The number of rotatable bonds is 7. The summed E-state index contributed by atoms with van der Waals surface area (Å²) in [5.41, 5.74) is 6.56. The van der Waals surface area contributed by atoms with Crippen LogP contribution in [0.5, 0.6) is 0 Å². The van der Waals surface area contributed by atoms with Gasteiger partial charge in [0.2, 0.25) is 0 Å². The van der Waals surface area contributed by atoms with Crippen LogP contribution in [0.15, 0.2) is 73.2 Å². The van der Waals surface area contributed by atoms with Crippen LogP contribution in [-0.4, -0.2) is 26.6 Å². The number of carbonyl (C=O) groups excluding carboxylic acids is 2. The SMILES string of the molecule is CCc1ccc(CNC(=O)c2ccc(-n3cc(NC(=O)c4ccc(C)cc4C)cn3)cc2)nc1. The zero-order valence-corrected chi connectivity index (χ0v) is 19.5. The smallest absolute Gasteiger partial charge is 0.256 e. The Morgan fingerprint density at radius 1 is 0.941 bits per heavy atom. The van der Waals surface area contributed by atoms with Crippen LogP contribution in [0, 0.1) is 13.8 Å². The molecule has 2 amide bonds. The van der Waals surface area contributed by atoms with Crippen LogP contribution in [0.2, 0.25) is 0 Å². The van der Waals surface area contributed by atoms with Gasteiger partial charge in [-0.2, -0.15) is 5.10 Å². The van der Waals surface area contributed by atoms with Crippen molar-refractivity contribution < 1.29 is 9.59 Å². The largest absolute Gasteiger partial charge is 0.346 e. The quantitative estimate of drug-likeness (QED) is 0.427. The Hall–Kier alpha value is -4.26. The maximum atomic E-state index is 12.6. The van der Waals surface area contributed by atoms with Gasteiger partial charge in [0.15, 0.2) is 0 Å². The number of hydrogen-bond acceptors (Lipinski definition) is 4. The molecular weight excluding hydrogens is 426 g/mol. The maximum absolute atomic E-state index is 12.6. The summed E-state index contributed by atoms with van der Waals surface area (Å²) in [6.45, 7) is 6.36. The zero-order chi connectivity index (χ0) is 24.1. The van der Waals surface area contributed by atoms with Crippen LogP contribution in [0.3, 0.4) is 0 Å². The third kappa shape index (κ3) is 5.38. The molecule has 2 heterocycles. The molecule has 2 N–H and O–H groups in total. The molecule has 0 unspecified atom stereocenters. The van der Waals surface area contributed by atoms with E-state index in [1.54, 1.807) is 29.2 Å². The minimum Gasteiger partial charge on any atom is -0.346 e. The number of pyridine rings is 1. The second kappa shape index (κ2) is 10.1. The van der Waals surface area contributed by atoms with Gasteiger partial charge in [0.05, 0.1) is 36.0 Å². The highest BCUT2D eigenvalue weighted by molar-refractivity contribution is 6.05. The Morgan fingerprint density at radius 2 is 1.74 bits per heavy atom. The molecule has 0 bridgehead atoms. The predicted octanol–water partition coefficient (Wildman–Crippen LogP) is 4.63. The molecule has 4 rings (SSSR count). The van der Waals surface area contributed by atoms with Crippen molar-refractivity contribution in [3.63, 3.8) is 0 Å². The van der Waals surface area contributed by atoms with Crippen LogP contribution in [-0.2, 0) is 13.0 Å². The first-order chi connectivity index (χ1) is 16.4. The number of hydrogen-bond donors (Lipinski definition) is 2. The standard InChI is InChI=1S/C27H27N5O2/c1-4-20-6-9-22(28-14-20)15-29-26(33)21-7-10-24(11-8-21)32-17-23(16-30-32)31-27(34)25-12-5-18(2)13-19(25)3/h5-14,16-17H,4,15H2,1-3H3,(H,29,33)(H,31,34). The fourth-order valence-electron chi connectivity index (χ4n) is 3.60. The lowest BCUT2D eigenvalue weighted by atomic mass is 10.1. The number of benzene rings is 2. The molecule has 2 aromatic heterocycles. The first-order valence-electron chi connectivity index (χ1n) is 11.2. The lowest BCUT2D eigenvalue weighted by Crippen LogP contribution is -2.23. The van der Waals surface area contributed by atoms with Crippen LogP contribution in [0.4, 0.5) is 5.69 Å². The summed E-state index contributed by atoms with van der Waals surface area (Å²) in [5, 5.41) is 10.1. The Labute approximate surface area is 198 Å². The first kappa shape index (κ1) is 22.9. The number of amides is 2. The van der Waals surface area contributed by atoms with E-state index >= 15 is 0 Å². The van der Waals surface area contributed by atoms with Gasteiger partial charge in [0, 0.05) is 17.3 Å². The molecule has 0 atom stereocenters. The van der Waals surface area contributed by atoms with E-state index in [2.05, 4.69) is 27.6 Å². The highest BCUT2D eigenvalue weighted by Gasteiger charge is 2.11. The van der Waals surface area contributed by atoms with Crippen molar-refractivity contribution >= 4 is 17.5 Å². The first-order valence-corrected chi connectivity index (χ1v) is 11.2. The summed E-state index contributed by atoms with van der Waals surface area (Å²) in [7, 11) is 0. The molecule has 0 aliphatic carbocycles. The van der Waals surface area contributed by atoms with Crippen molar-refractivity contribution in [2.45, 2.75) is 33.7 Å². The van der Waals surface area contributed by atoms with Gasteiger partial charge >= 0.3 is 0 Å². The van der Waals surface area contributed by atoms with Crippen molar-refractivity contribution in [3.05, 3.63) is 107 Å². The fraction of sp³-hybridized carbons (Fsp3) is 0.185. The van der Waals surface area contributed by atoms with E-state index in [4.69, 9.17) is 0 Å². The summed E-state index contributed by atoms with van der Waals surface area (Å²) in [5.74, 6) is -0.349. The van der Waals surface area contributed by atoms with Gasteiger partial charge in [-0.1, -0.05) is 30.7 Å². The number of nitrogens with one attached hydrogen (secondary N) is 2. The maximum Gasteiger partial charge on any atom is 0.256 e. The summed E-state index contributed by atoms with van der Waals surface area (Å²) in [6.07, 6.45) is 6.10. The van der Waals surface area contributed by atoms with Crippen molar-refractivity contribution in [2.75, 3.05) is 5.32 Å². The normalized spacial score (nSPS) is 10.7. The minimum absolute atomic E-state index is 0.171. The Bertz CT molecular complexity index is 1310. The molecule has 0 aliphatic rings. The minimum atomic E-state index is -0.178. The van der Waals surface area contributed by atoms with Crippen LogP contribution >= 0.6 is 0 Å². The average Bonchev–Trinajstić information content (AvgIpc) is 3.31. The van der Waals surface area contributed by atoms with E-state index in [0.29, 0.717) is 23.4 Å². The number of nitrogens with zero attached hydrogens (tertiary/aromatic N) is 3. The third-order valence-corrected chi connectivity index (χ3v) is 5.59. The van der Waals surface area contributed by atoms with Gasteiger partial charge in [-0.05, 0) is 67.8 Å². The number of aryl methyl sites for hydroxylation is 3. The molecule has 0 spiro atoms. The molecule has 0 fully saturated rings. The summed E-state index contributed by atoms with van der Waals surface area (Å²) >= 11 is 0. The van der Waals surface area contributed by atoms with Gasteiger partial charge in [-0.25, -0.2) is 4.68 Å². The molecule has 7 heteroatoms. The van der Waals surface area contributed by atoms with Gasteiger partial charge in [0.25, 0.3) is 11.8 Å². The van der Waals surface area contributed by atoms with Crippen molar-refractivity contribution in [2.24, 2.45) is 0 Å². The van der Waals surface area contributed by atoms with Crippen molar-refractivity contribution in [1.29, 1.82) is 0 Å². The number of anilines is 1.